The van der Waals surface area contributed by atoms with Crippen LogP contribution < -0.4 is 0 Å². The van der Waals surface area contributed by atoms with Gasteiger partial charge in [-0.25, -0.2) is 0 Å². The summed E-state index contributed by atoms with van der Waals surface area (Å²) in [4.78, 5) is 2.55. The second kappa shape index (κ2) is 6.12. The van der Waals surface area contributed by atoms with Gasteiger partial charge in [-0.3, -0.25) is 4.90 Å². The minimum absolute atomic E-state index is 0.389. The van der Waals surface area contributed by atoms with Gasteiger partial charge in [0.25, 0.3) is 0 Å². The number of rotatable bonds is 1. The molecular formula is C23H25NO. The summed E-state index contributed by atoms with van der Waals surface area (Å²) in [5, 5.41) is 16.2. The highest BCUT2D eigenvalue weighted by Crippen LogP contribution is 2.41. The number of benzene rings is 3. The van der Waals surface area contributed by atoms with E-state index in [1.54, 1.807) is 0 Å². The maximum atomic E-state index is 11.1. The summed E-state index contributed by atoms with van der Waals surface area (Å²) < 4.78 is 0. The summed E-state index contributed by atoms with van der Waals surface area (Å²) in [6.45, 7) is 1.75. The van der Waals surface area contributed by atoms with Crippen LogP contribution in [0.5, 0.6) is 0 Å². The van der Waals surface area contributed by atoms with Crippen molar-refractivity contribution in [3.05, 3.63) is 59.7 Å². The average molecular weight is 331 g/mol. The number of nitrogens with zero attached hydrogens (tertiary/aromatic N) is 1. The zero-order valence-corrected chi connectivity index (χ0v) is 14.6. The van der Waals surface area contributed by atoms with Crippen molar-refractivity contribution in [2.24, 2.45) is 0 Å². The van der Waals surface area contributed by atoms with E-state index in [0.29, 0.717) is 6.04 Å². The van der Waals surface area contributed by atoms with Gasteiger partial charge in [0.15, 0.2) is 0 Å². The minimum Gasteiger partial charge on any atom is -0.387 e. The highest BCUT2D eigenvalue weighted by Gasteiger charge is 2.31. The molecule has 0 bridgehead atoms. The van der Waals surface area contributed by atoms with Crippen molar-refractivity contribution >= 4 is 21.5 Å². The van der Waals surface area contributed by atoms with E-state index < -0.39 is 0 Å². The topological polar surface area (TPSA) is 23.5 Å². The van der Waals surface area contributed by atoms with Crippen LogP contribution >= 0.6 is 0 Å². The molecular weight excluding hydrogens is 306 g/mol. The quantitative estimate of drug-likeness (QED) is 0.621. The van der Waals surface area contributed by atoms with Crippen molar-refractivity contribution < 1.29 is 5.11 Å². The minimum atomic E-state index is -0.389. The fourth-order valence-electron chi connectivity index (χ4n) is 5.10. The maximum absolute atomic E-state index is 11.1. The first-order valence-electron chi connectivity index (χ1n) is 9.67. The Balaban J connectivity index is 1.71. The monoisotopic (exact) mass is 331 g/mol. The normalized spacial score (nSPS) is 22.4. The van der Waals surface area contributed by atoms with Crippen LogP contribution in [0.25, 0.3) is 21.5 Å². The molecule has 0 unspecified atom stereocenters. The van der Waals surface area contributed by atoms with Crippen LogP contribution in [0.3, 0.4) is 0 Å². The Morgan fingerprint density at radius 1 is 0.760 bits per heavy atom. The van der Waals surface area contributed by atoms with E-state index in [1.807, 2.05) is 0 Å². The molecule has 0 spiro atoms. The van der Waals surface area contributed by atoms with Crippen LogP contribution in [0.4, 0.5) is 0 Å². The molecule has 25 heavy (non-hydrogen) atoms. The van der Waals surface area contributed by atoms with Crippen LogP contribution in [-0.4, -0.2) is 22.6 Å². The molecule has 3 aromatic carbocycles. The lowest BCUT2D eigenvalue weighted by molar-refractivity contribution is 0.0541. The van der Waals surface area contributed by atoms with Crippen molar-refractivity contribution in [2.45, 2.75) is 50.8 Å². The Hall–Kier alpha value is -1.90. The number of aliphatic hydroxyl groups excluding tert-OH is 1. The Kier molecular flexibility index (Phi) is 3.76. The van der Waals surface area contributed by atoms with Gasteiger partial charge in [-0.2, -0.15) is 0 Å². The van der Waals surface area contributed by atoms with Crippen LogP contribution in [0.2, 0.25) is 0 Å². The summed E-state index contributed by atoms with van der Waals surface area (Å²) in [7, 11) is 0. The third kappa shape index (κ3) is 2.47. The molecule has 1 heterocycles. The molecule has 2 aliphatic rings. The second-order valence-electron chi connectivity index (χ2n) is 7.72. The molecule has 128 valence electrons. The SMILES string of the molecule is O[C@H]1CN(C2CCCCC2)Cc2c1c1ccccc1c1ccccc21. The summed E-state index contributed by atoms with van der Waals surface area (Å²) in [5.74, 6) is 0. The third-order valence-corrected chi connectivity index (χ3v) is 6.28. The molecule has 1 aliphatic carbocycles. The molecule has 1 atom stereocenters. The van der Waals surface area contributed by atoms with Crippen LogP contribution in [0.1, 0.15) is 49.3 Å². The number of β-amino-alcohol motifs (C(OH)–C–C–N with tert-alkyl or cyclic N) is 1. The first-order chi connectivity index (χ1) is 12.3. The van der Waals surface area contributed by atoms with Crippen molar-refractivity contribution in [1.82, 2.24) is 4.90 Å². The zero-order chi connectivity index (χ0) is 16.8. The lowest BCUT2D eigenvalue weighted by atomic mass is 9.84. The Labute approximate surface area is 149 Å². The number of hydrogen-bond acceptors (Lipinski definition) is 2. The van der Waals surface area contributed by atoms with Crippen LogP contribution in [0, 0.1) is 0 Å². The Morgan fingerprint density at radius 3 is 2.08 bits per heavy atom. The second-order valence-corrected chi connectivity index (χ2v) is 7.72. The zero-order valence-electron chi connectivity index (χ0n) is 14.6. The predicted molar refractivity (Wildman–Crippen MR) is 104 cm³/mol. The van der Waals surface area contributed by atoms with Gasteiger partial charge in [0.1, 0.15) is 0 Å². The van der Waals surface area contributed by atoms with Crippen molar-refractivity contribution in [3.63, 3.8) is 0 Å². The molecule has 0 aromatic heterocycles. The molecule has 0 saturated heterocycles. The van der Waals surface area contributed by atoms with Gasteiger partial charge in [-0.05, 0) is 45.5 Å². The molecule has 5 rings (SSSR count). The molecule has 1 saturated carbocycles. The van der Waals surface area contributed by atoms with Gasteiger partial charge >= 0.3 is 0 Å². The van der Waals surface area contributed by atoms with Gasteiger partial charge < -0.3 is 5.11 Å². The van der Waals surface area contributed by atoms with E-state index >= 15 is 0 Å². The number of fused-ring (bicyclic) bond motifs is 6. The van der Waals surface area contributed by atoms with Gasteiger partial charge in [-0.1, -0.05) is 67.8 Å². The predicted octanol–water partition coefficient (Wildman–Crippen LogP) is 5.17. The fourth-order valence-corrected chi connectivity index (χ4v) is 5.10. The van der Waals surface area contributed by atoms with Crippen molar-refractivity contribution in [2.75, 3.05) is 6.54 Å². The van der Waals surface area contributed by atoms with Gasteiger partial charge in [0, 0.05) is 19.1 Å². The summed E-state index contributed by atoms with van der Waals surface area (Å²) >= 11 is 0. The van der Waals surface area contributed by atoms with E-state index in [9.17, 15) is 5.11 Å². The highest BCUT2D eigenvalue weighted by molar-refractivity contribution is 6.11. The van der Waals surface area contributed by atoms with E-state index in [-0.39, 0.29) is 6.10 Å². The highest BCUT2D eigenvalue weighted by atomic mass is 16.3. The largest absolute Gasteiger partial charge is 0.387 e. The Bertz CT molecular complexity index is 926. The lowest BCUT2D eigenvalue weighted by Crippen LogP contribution is -2.42. The first kappa shape index (κ1) is 15.4. The van der Waals surface area contributed by atoms with E-state index in [2.05, 4.69) is 53.4 Å². The number of aliphatic hydroxyl groups is 1. The van der Waals surface area contributed by atoms with Gasteiger partial charge in [-0.15, -0.1) is 0 Å². The van der Waals surface area contributed by atoms with Crippen LogP contribution in [-0.2, 0) is 6.54 Å². The smallest absolute Gasteiger partial charge is 0.0926 e. The van der Waals surface area contributed by atoms with Gasteiger partial charge in [0.05, 0.1) is 6.10 Å². The van der Waals surface area contributed by atoms with E-state index in [1.165, 1.54) is 64.8 Å². The molecule has 2 heteroatoms. The van der Waals surface area contributed by atoms with E-state index in [4.69, 9.17) is 0 Å². The summed E-state index contributed by atoms with van der Waals surface area (Å²) in [5.41, 5.74) is 2.51. The molecule has 2 nitrogen and oxygen atoms in total. The van der Waals surface area contributed by atoms with Gasteiger partial charge in [0.2, 0.25) is 0 Å². The van der Waals surface area contributed by atoms with Crippen LogP contribution in [0.15, 0.2) is 48.5 Å². The maximum Gasteiger partial charge on any atom is 0.0926 e. The molecule has 1 fully saturated rings. The van der Waals surface area contributed by atoms with Crippen molar-refractivity contribution in [3.8, 4) is 0 Å². The molecule has 1 aliphatic heterocycles. The average Bonchev–Trinajstić information content (AvgIpc) is 2.68. The van der Waals surface area contributed by atoms with E-state index in [0.717, 1.165) is 13.1 Å². The van der Waals surface area contributed by atoms with Crippen molar-refractivity contribution in [1.29, 1.82) is 0 Å². The molecule has 3 aromatic rings. The molecule has 0 radical (unpaired) electrons. The standard InChI is InChI=1S/C23H25NO/c25-22-15-24(16-8-2-1-3-9-16)14-21-19-12-5-4-10-17(19)18-11-6-7-13-20(18)23(21)22/h4-7,10-13,16,22,25H,1-3,8-9,14-15H2/t22-/m0/s1. The lowest BCUT2D eigenvalue weighted by Gasteiger charge is -2.40. The Morgan fingerprint density at radius 2 is 1.36 bits per heavy atom. The molecule has 0 amide bonds. The first-order valence-corrected chi connectivity index (χ1v) is 9.67. The number of hydrogen-bond donors (Lipinski definition) is 1. The fraction of sp³-hybridized carbons (Fsp3) is 0.391. The molecule has 1 N–H and O–H groups in total. The summed E-state index contributed by atoms with van der Waals surface area (Å²) in [6.07, 6.45) is 6.23. The third-order valence-electron chi connectivity index (χ3n) is 6.28. The summed E-state index contributed by atoms with van der Waals surface area (Å²) in [6, 6.07) is 17.9.